The summed E-state index contributed by atoms with van der Waals surface area (Å²) >= 11 is 0. The first kappa shape index (κ1) is 21.0. The van der Waals surface area contributed by atoms with Crippen molar-refractivity contribution in [2.45, 2.75) is 31.6 Å². The monoisotopic (exact) mass is 455 g/mol. The average Bonchev–Trinajstić information content (AvgIpc) is 3.57. The lowest BCUT2D eigenvalue weighted by Gasteiger charge is -2.13. The Hall–Kier alpha value is -3.82. The van der Waals surface area contributed by atoms with Crippen LogP contribution in [0.3, 0.4) is 0 Å². The van der Waals surface area contributed by atoms with Crippen LogP contribution in [0.2, 0.25) is 0 Å². The molecule has 1 aliphatic carbocycles. The number of nitrogens with one attached hydrogen (secondary N) is 1. The number of aromatic nitrogens is 4. The predicted molar refractivity (Wildman–Crippen MR) is 117 cm³/mol. The summed E-state index contributed by atoms with van der Waals surface area (Å²) in [5, 5.41) is 3.20. The maximum absolute atomic E-state index is 13.6. The molecule has 0 unspecified atom stereocenters. The Balaban J connectivity index is 1.70. The van der Waals surface area contributed by atoms with E-state index in [4.69, 9.17) is 4.74 Å². The van der Waals surface area contributed by atoms with Gasteiger partial charge in [0.15, 0.2) is 5.65 Å². The minimum Gasteiger partial charge on any atom is -0.497 e. The molecule has 170 valence electrons. The van der Waals surface area contributed by atoms with Gasteiger partial charge in [-0.1, -0.05) is 24.3 Å². The molecule has 10 heteroatoms. The highest BCUT2D eigenvalue weighted by Gasteiger charge is 2.33. The van der Waals surface area contributed by atoms with Crippen LogP contribution >= 0.6 is 0 Å². The fourth-order valence-corrected chi connectivity index (χ4v) is 3.76. The number of hydrogen-bond donors (Lipinski definition) is 1. The summed E-state index contributed by atoms with van der Waals surface area (Å²) in [6, 6.07) is 12.4. The lowest BCUT2D eigenvalue weighted by molar-refractivity contribution is -0.138. The van der Waals surface area contributed by atoms with Gasteiger partial charge in [-0.25, -0.2) is 14.3 Å². The van der Waals surface area contributed by atoms with Crippen LogP contribution < -0.4 is 15.7 Å². The van der Waals surface area contributed by atoms with Crippen LogP contribution in [-0.4, -0.2) is 32.3 Å². The minimum absolute atomic E-state index is 0.0167. The van der Waals surface area contributed by atoms with E-state index < -0.39 is 17.4 Å². The van der Waals surface area contributed by atoms with Crippen LogP contribution in [0.25, 0.3) is 16.9 Å². The second-order valence-electron chi connectivity index (χ2n) is 7.88. The highest BCUT2D eigenvalue weighted by molar-refractivity contribution is 5.74. The molecule has 1 aliphatic rings. The van der Waals surface area contributed by atoms with E-state index in [0.717, 1.165) is 18.9 Å². The number of hydrogen-bond acceptors (Lipinski definition) is 5. The zero-order valence-corrected chi connectivity index (χ0v) is 17.6. The second-order valence-corrected chi connectivity index (χ2v) is 7.88. The van der Waals surface area contributed by atoms with E-state index in [1.54, 1.807) is 24.3 Å². The first-order valence-corrected chi connectivity index (χ1v) is 10.4. The lowest BCUT2D eigenvalue weighted by atomic mass is 10.1. The fraction of sp³-hybridized carbons (Fsp3) is 0.261. The number of ether oxygens (including phenoxy) is 1. The number of alkyl halides is 3. The number of anilines is 1. The van der Waals surface area contributed by atoms with Crippen molar-refractivity contribution in [3.63, 3.8) is 0 Å². The SMILES string of the molecule is COc1cccc(-n2c(=O)n(Cc3ccccc3C(F)(F)F)c3cnc(NC4CC4)nc32)c1. The largest absolute Gasteiger partial charge is 0.497 e. The van der Waals surface area contributed by atoms with Crippen LogP contribution in [0, 0.1) is 0 Å². The molecule has 1 saturated carbocycles. The summed E-state index contributed by atoms with van der Waals surface area (Å²) in [6.45, 7) is -0.277. The van der Waals surface area contributed by atoms with E-state index in [1.165, 1.54) is 40.6 Å². The van der Waals surface area contributed by atoms with E-state index in [2.05, 4.69) is 15.3 Å². The van der Waals surface area contributed by atoms with Crippen LogP contribution in [0.15, 0.2) is 59.5 Å². The number of methoxy groups -OCH3 is 1. The van der Waals surface area contributed by atoms with Crippen LogP contribution in [0.5, 0.6) is 5.75 Å². The van der Waals surface area contributed by atoms with Crippen molar-refractivity contribution in [2.24, 2.45) is 0 Å². The van der Waals surface area contributed by atoms with E-state index >= 15 is 0 Å². The first-order chi connectivity index (χ1) is 15.8. The minimum atomic E-state index is -4.54. The summed E-state index contributed by atoms with van der Waals surface area (Å²) in [4.78, 5) is 22.4. The van der Waals surface area contributed by atoms with Crippen LogP contribution in [-0.2, 0) is 12.7 Å². The Morgan fingerprint density at radius 3 is 2.67 bits per heavy atom. The van der Waals surface area contributed by atoms with E-state index in [1.807, 2.05) is 0 Å². The third-order valence-electron chi connectivity index (χ3n) is 5.55. The smallest absolute Gasteiger partial charge is 0.416 e. The molecule has 33 heavy (non-hydrogen) atoms. The Kier molecular flexibility index (Phi) is 5.07. The summed E-state index contributed by atoms with van der Waals surface area (Å²) in [5.41, 5.74) is -0.197. The van der Waals surface area contributed by atoms with Crippen molar-refractivity contribution in [2.75, 3.05) is 12.4 Å². The maximum atomic E-state index is 13.6. The topological polar surface area (TPSA) is 74.0 Å². The van der Waals surface area contributed by atoms with Gasteiger partial charge >= 0.3 is 11.9 Å². The number of benzene rings is 2. The Labute approximate surface area is 186 Å². The van der Waals surface area contributed by atoms with Crippen molar-refractivity contribution in [3.8, 4) is 11.4 Å². The molecule has 2 heterocycles. The molecule has 5 rings (SSSR count). The standard InChI is InChI=1S/C23H20F3N5O2/c1-33-17-7-4-6-16(11-17)31-20-19(12-27-21(29-20)28-15-9-10-15)30(22(31)32)13-14-5-2-3-8-18(14)23(24,25)26/h2-8,11-12,15H,9-10,13H2,1H3,(H,27,28,29). The number of rotatable bonds is 6. The van der Waals surface area contributed by atoms with Gasteiger partial charge in [0.2, 0.25) is 5.95 Å². The van der Waals surface area contributed by atoms with E-state index in [0.29, 0.717) is 34.6 Å². The molecule has 0 spiro atoms. The molecule has 0 saturated heterocycles. The maximum Gasteiger partial charge on any atom is 0.416 e. The van der Waals surface area contributed by atoms with Gasteiger partial charge < -0.3 is 10.1 Å². The summed E-state index contributed by atoms with van der Waals surface area (Å²) in [5.74, 6) is 0.905. The van der Waals surface area contributed by atoms with Crippen LogP contribution in [0.4, 0.5) is 19.1 Å². The molecule has 7 nitrogen and oxygen atoms in total. The normalized spacial score (nSPS) is 13.9. The fourth-order valence-electron chi connectivity index (χ4n) is 3.76. The van der Waals surface area contributed by atoms with Gasteiger partial charge in [0, 0.05) is 12.1 Å². The van der Waals surface area contributed by atoms with E-state index in [-0.39, 0.29) is 12.1 Å². The Morgan fingerprint density at radius 1 is 1.15 bits per heavy atom. The number of imidazole rings is 1. The Bertz CT molecular complexity index is 1390. The highest BCUT2D eigenvalue weighted by Crippen LogP contribution is 2.32. The van der Waals surface area contributed by atoms with Crippen molar-refractivity contribution in [1.29, 1.82) is 0 Å². The molecule has 4 aromatic rings. The predicted octanol–water partition coefficient (Wildman–Crippen LogP) is 4.23. The van der Waals surface area contributed by atoms with Crippen LogP contribution in [0.1, 0.15) is 24.0 Å². The summed E-state index contributed by atoms with van der Waals surface area (Å²) < 4.78 is 48.6. The lowest BCUT2D eigenvalue weighted by Crippen LogP contribution is -2.25. The molecule has 1 N–H and O–H groups in total. The molecule has 0 bridgehead atoms. The molecule has 1 fully saturated rings. The van der Waals surface area contributed by atoms with E-state index in [9.17, 15) is 18.0 Å². The molecule has 0 atom stereocenters. The third kappa shape index (κ3) is 4.04. The molecule has 2 aromatic heterocycles. The molecular formula is C23H20F3N5O2. The highest BCUT2D eigenvalue weighted by atomic mass is 19.4. The van der Waals surface area contributed by atoms with Gasteiger partial charge in [0.05, 0.1) is 31.1 Å². The molecule has 2 aromatic carbocycles. The van der Waals surface area contributed by atoms with Gasteiger partial charge in [0.25, 0.3) is 0 Å². The van der Waals surface area contributed by atoms with Crippen molar-refractivity contribution < 1.29 is 17.9 Å². The number of nitrogens with zero attached hydrogens (tertiary/aromatic N) is 4. The first-order valence-electron chi connectivity index (χ1n) is 10.4. The second kappa shape index (κ2) is 7.95. The zero-order valence-electron chi connectivity index (χ0n) is 17.6. The molecular weight excluding hydrogens is 435 g/mol. The summed E-state index contributed by atoms with van der Waals surface area (Å²) in [7, 11) is 1.51. The number of halogens is 3. The van der Waals surface area contributed by atoms with Crippen molar-refractivity contribution in [1.82, 2.24) is 19.1 Å². The zero-order chi connectivity index (χ0) is 23.2. The van der Waals surface area contributed by atoms with Gasteiger partial charge in [-0.2, -0.15) is 18.2 Å². The van der Waals surface area contributed by atoms with Crippen molar-refractivity contribution in [3.05, 3.63) is 76.3 Å². The van der Waals surface area contributed by atoms with Crippen molar-refractivity contribution >= 4 is 17.1 Å². The molecule has 0 aliphatic heterocycles. The molecule has 0 radical (unpaired) electrons. The number of fused-ring (bicyclic) bond motifs is 1. The average molecular weight is 455 g/mol. The van der Waals surface area contributed by atoms with Gasteiger partial charge in [-0.05, 0) is 36.6 Å². The summed E-state index contributed by atoms with van der Waals surface area (Å²) in [6.07, 6.45) is -1.04. The Morgan fingerprint density at radius 2 is 1.94 bits per heavy atom. The van der Waals surface area contributed by atoms with Gasteiger partial charge in [-0.15, -0.1) is 0 Å². The third-order valence-corrected chi connectivity index (χ3v) is 5.55. The van der Waals surface area contributed by atoms with Gasteiger partial charge in [0.1, 0.15) is 11.3 Å². The quantitative estimate of drug-likeness (QED) is 0.471. The van der Waals surface area contributed by atoms with Gasteiger partial charge in [-0.3, -0.25) is 4.57 Å². The molecule has 0 amide bonds.